The molecule has 0 radical (unpaired) electrons. The molecule has 0 fully saturated rings. The lowest BCUT2D eigenvalue weighted by atomic mass is 10.3. The standard InChI is InChI=1S/C10H14N4O4S3/c1-7(9-3-4-10(19-9)20(11,15)16)13-21(17,18)8-5-12-14(2)6-8/h3-7,13H,1-2H3,(H2,11,15,16). The Morgan fingerprint density at radius 2 is 2.00 bits per heavy atom. The molecule has 0 saturated carbocycles. The highest BCUT2D eigenvalue weighted by Gasteiger charge is 2.22. The van der Waals surface area contributed by atoms with Crippen LogP contribution in [-0.4, -0.2) is 26.6 Å². The first-order valence-electron chi connectivity index (χ1n) is 5.73. The summed E-state index contributed by atoms with van der Waals surface area (Å²) < 4.78 is 50.5. The maximum atomic E-state index is 12.1. The van der Waals surface area contributed by atoms with E-state index in [-0.39, 0.29) is 9.10 Å². The van der Waals surface area contributed by atoms with Crippen LogP contribution in [0.2, 0.25) is 0 Å². The number of primary sulfonamides is 1. The largest absolute Gasteiger partial charge is 0.274 e. The minimum Gasteiger partial charge on any atom is -0.274 e. The number of nitrogens with zero attached hydrogens (tertiary/aromatic N) is 2. The summed E-state index contributed by atoms with van der Waals surface area (Å²) in [7, 11) is -5.89. The highest BCUT2D eigenvalue weighted by molar-refractivity contribution is 7.91. The number of nitrogens with one attached hydrogen (secondary N) is 1. The summed E-state index contributed by atoms with van der Waals surface area (Å²) in [4.78, 5) is 0.589. The van der Waals surface area contributed by atoms with Gasteiger partial charge in [-0.3, -0.25) is 4.68 Å². The van der Waals surface area contributed by atoms with Gasteiger partial charge in [0.25, 0.3) is 0 Å². The number of nitrogens with two attached hydrogens (primary N) is 1. The highest BCUT2D eigenvalue weighted by Crippen LogP contribution is 2.26. The van der Waals surface area contributed by atoms with E-state index in [1.165, 1.54) is 29.2 Å². The number of aromatic nitrogens is 2. The molecule has 21 heavy (non-hydrogen) atoms. The Bertz CT molecular complexity index is 851. The number of hydrogen-bond acceptors (Lipinski definition) is 6. The van der Waals surface area contributed by atoms with Crippen molar-refractivity contribution >= 4 is 31.4 Å². The van der Waals surface area contributed by atoms with Crippen LogP contribution in [0.15, 0.2) is 33.6 Å². The van der Waals surface area contributed by atoms with E-state index in [2.05, 4.69) is 9.82 Å². The molecule has 0 aliphatic rings. The van der Waals surface area contributed by atoms with Crippen molar-refractivity contribution in [3.8, 4) is 0 Å². The molecule has 0 saturated heterocycles. The van der Waals surface area contributed by atoms with Gasteiger partial charge in [0.2, 0.25) is 20.0 Å². The van der Waals surface area contributed by atoms with Gasteiger partial charge in [0.1, 0.15) is 9.10 Å². The SMILES string of the molecule is CC(NS(=O)(=O)c1cnn(C)c1)c1ccc(S(N)(=O)=O)s1. The van der Waals surface area contributed by atoms with Gasteiger partial charge in [-0.1, -0.05) is 0 Å². The van der Waals surface area contributed by atoms with Gasteiger partial charge in [0, 0.05) is 18.1 Å². The van der Waals surface area contributed by atoms with Gasteiger partial charge in [0.15, 0.2) is 0 Å². The fraction of sp³-hybridized carbons (Fsp3) is 0.300. The molecule has 0 bridgehead atoms. The predicted molar refractivity (Wildman–Crippen MR) is 77.6 cm³/mol. The van der Waals surface area contributed by atoms with Crippen molar-refractivity contribution < 1.29 is 16.8 Å². The number of rotatable bonds is 5. The Labute approximate surface area is 126 Å². The first-order valence-corrected chi connectivity index (χ1v) is 9.58. The fourth-order valence-electron chi connectivity index (χ4n) is 1.62. The number of thiophene rings is 1. The van der Waals surface area contributed by atoms with Crippen LogP contribution in [-0.2, 0) is 27.1 Å². The molecule has 0 amide bonds. The zero-order valence-corrected chi connectivity index (χ0v) is 13.7. The summed E-state index contributed by atoms with van der Waals surface area (Å²) >= 11 is 0.928. The average Bonchev–Trinajstić information content (AvgIpc) is 2.95. The second-order valence-electron chi connectivity index (χ2n) is 4.39. The summed E-state index contributed by atoms with van der Waals surface area (Å²) in [5, 5.41) is 8.83. The molecule has 3 N–H and O–H groups in total. The summed E-state index contributed by atoms with van der Waals surface area (Å²) in [6.07, 6.45) is 2.61. The number of aryl methyl sites for hydroxylation is 1. The molecule has 0 aliphatic heterocycles. The van der Waals surface area contributed by atoms with Gasteiger partial charge in [-0.05, 0) is 19.1 Å². The Hall–Kier alpha value is -1.27. The van der Waals surface area contributed by atoms with E-state index in [4.69, 9.17) is 5.14 Å². The summed E-state index contributed by atoms with van der Waals surface area (Å²) in [5.41, 5.74) is 0. The van der Waals surface area contributed by atoms with E-state index >= 15 is 0 Å². The van der Waals surface area contributed by atoms with Crippen molar-refractivity contribution in [1.82, 2.24) is 14.5 Å². The van der Waals surface area contributed by atoms with Crippen molar-refractivity contribution in [2.45, 2.75) is 22.1 Å². The van der Waals surface area contributed by atoms with Crippen molar-refractivity contribution in [2.24, 2.45) is 12.2 Å². The molecule has 116 valence electrons. The fourth-order valence-corrected chi connectivity index (χ4v) is 4.65. The zero-order chi connectivity index (χ0) is 15.8. The predicted octanol–water partition coefficient (Wildman–Crippen LogP) is 0.169. The van der Waals surface area contributed by atoms with E-state index in [0.717, 1.165) is 11.3 Å². The van der Waals surface area contributed by atoms with Gasteiger partial charge in [-0.2, -0.15) is 5.10 Å². The monoisotopic (exact) mass is 350 g/mol. The zero-order valence-electron chi connectivity index (χ0n) is 11.2. The third-order valence-corrected chi connectivity index (χ3v) is 6.83. The van der Waals surface area contributed by atoms with Gasteiger partial charge in [0.05, 0.1) is 12.2 Å². The van der Waals surface area contributed by atoms with Gasteiger partial charge >= 0.3 is 0 Å². The van der Waals surface area contributed by atoms with Crippen LogP contribution >= 0.6 is 11.3 Å². The molecule has 0 spiro atoms. The third kappa shape index (κ3) is 3.68. The van der Waals surface area contributed by atoms with Crippen LogP contribution in [0.1, 0.15) is 17.8 Å². The maximum absolute atomic E-state index is 12.1. The Morgan fingerprint density at radius 3 is 2.48 bits per heavy atom. The van der Waals surface area contributed by atoms with Crippen molar-refractivity contribution in [3.63, 3.8) is 0 Å². The lowest BCUT2D eigenvalue weighted by Crippen LogP contribution is -2.26. The lowest BCUT2D eigenvalue weighted by Gasteiger charge is -2.11. The number of sulfonamides is 2. The van der Waals surface area contributed by atoms with Gasteiger partial charge in [-0.25, -0.2) is 26.7 Å². The van der Waals surface area contributed by atoms with Gasteiger partial charge < -0.3 is 0 Å². The average molecular weight is 350 g/mol. The minimum absolute atomic E-state index is 0.00933. The maximum Gasteiger partial charge on any atom is 0.247 e. The van der Waals surface area contributed by atoms with Crippen LogP contribution < -0.4 is 9.86 Å². The molecule has 1 unspecified atom stereocenters. The molecular weight excluding hydrogens is 336 g/mol. The molecule has 11 heteroatoms. The van der Waals surface area contributed by atoms with E-state index in [1.807, 2.05) is 0 Å². The smallest absolute Gasteiger partial charge is 0.247 e. The quantitative estimate of drug-likeness (QED) is 0.795. The summed E-state index contributed by atoms with van der Waals surface area (Å²) in [5.74, 6) is 0. The molecule has 1 atom stereocenters. The molecule has 8 nitrogen and oxygen atoms in total. The Kier molecular flexibility index (Phi) is 4.22. The van der Waals surface area contributed by atoms with Crippen molar-refractivity contribution in [3.05, 3.63) is 29.4 Å². The molecule has 0 aliphatic carbocycles. The summed E-state index contributed by atoms with van der Waals surface area (Å²) in [6, 6.07) is 2.29. The molecule has 2 rings (SSSR count). The lowest BCUT2D eigenvalue weighted by molar-refractivity contribution is 0.568. The van der Waals surface area contributed by atoms with E-state index < -0.39 is 26.1 Å². The Balaban J connectivity index is 2.22. The van der Waals surface area contributed by atoms with E-state index in [0.29, 0.717) is 4.88 Å². The van der Waals surface area contributed by atoms with Crippen LogP contribution in [0.25, 0.3) is 0 Å². The summed E-state index contributed by atoms with van der Waals surface area (Å²) in [6.45, 7) is 1.62. The van der Waals surface area contributed by atoms with Crippen LogP contribution in [0.3, 0.4) is 0 Å². The van der Waals surface area contributed by atoms with Crippen molar-refractivity contribution in [2.75, 3.05) is 0 Å². The molecule has 2 aromatic rings. The first kappa shape index (κ1) is 16.1. The minimum atomic E-state index is -3.78. The first-order chi connectivity index (χ1) is 9.59. The second-order valence-corrected chi connectivity index (χ2v) is 9.01. The van der Waals surface area contributed by atoms with E-state index in [9.17, 15) is 16.8 Å². The molecule has 2 heterocycles. The van der Waals surface area contributed by atoms with Gasteiger partial charge in [-0.15, -0.1) is 11.3 Å². The molecular formula is C10H14N4O4S3. The third-order valence-electron chi connectivity index (χ3n) is 2.63. The normalized spacial score (nSPS) is 14.2. The molecule has 0 aromatic carbocycles. The second kappa shape index (κ2) is 5.50. The topological polar surface area (TPSA) is 124 Å². The van der Waals surface area contributed by atoms with Crippen LogP contribution in [0.4, 0.5) is 0 Å². The molecule has 2 aromatic heterocycles. The van der Waals surface area contributed by atoms with E-state index in [1.54, 1.807) is 14.0 Å². The Morgan fingerprint density at radius 1 is 1.33 bits per heavy atom. The van der Waals surface area contributed by atoms with Crippen LogP contribution in [0, 0.1) is 0 Å². The van der Waals surface area contributed by atoms with Crippen molar-refractivity contribution in [1.29, 1.82) is 0 Å². The highest BCUT2D eigenvalue weighted by atomic mass is 32.2. The van der Waals surface area contributed by atoms with Crippen LogP contribution in [0.5, 0.6) is 0 Å². The number of hydrogen-bond donors (Lipinski definition) is 2.